The van der Waals surface area contributed by atoms with Crippen LogP contribution in [0.1, 0.15) is 69.6 Å². The fraction of sp³-hybridized carbons (Fsp3) is 0.500. The van der Waals surface area contributed by atoms with Gasteiger partial charge in [0.2, 0.25) is 18.0 Å². The third kappa shape index (κ3) is 8.41. The van der Waals surface area contributed by atoms with Crippen molar-refractivity contribution in [2.24, 2.45) is 22.7 Å². The predicted octanol–water partition coefficient (Wildman–Crippen LogP) is 6.58. The number of carbonyl (C=O) groups is 3. The second-order valence-corrected chi connectivity index (χ2v) is 12.5. The Balaban J connectivity index is 1.70. The summed E-state index contributed by atoms with van der Waals surface area (Å²) in [6.45, 7) is 6.45. The van der Waals surface area contributed by atoms with Gasteiger partial charge >= 0.3 is 12.1 Å². The van der Waals surface area contributed by atoms with Crippen LogP contribution in [0.4, 0.5) is 27.6 Å². The molecule has 0 radical (unpaired) electrons. The Kier molecular flexibility index (Phi) is 9.51. The molecule has 12 heteroatoms. The van der Waals surface area contributed by atoms with Gasteiger partial charge < -0.3 is 15.4 Å². The van der Waals surface area contributed by atoms with Crippen LogP contribution in [-0.2, 0) is 19.1 Å². The number of benzene rings is 2. The maximum absolute atomic E-state index is 13.8. The Labute approximate surface area is 252 Å². The molecule has 2 aromatic rings. The number of alkyl halides is 5. The van der Waals surface area contributed by atoms with E-state index in [1.54, 1.807) is 76.2 Å². The number of carbonyl (C=O) groups excluding carboxylic acids is 3. The molecule has 0 bridgehead atoms. The lowest BCUT2D eigenvalue weighted by molar-refractivity contribution is -0.171. The molecule has 238 valence electrons. The van der Waals surface area contributed by atoms with E-state index < -0.39 is 85.1 Å². The number of amides is 2. The van der Waals surface area contributed by atoms with Gasteiger partial charge in [-0.25, -0.2) is 13.8 Å². The molecule has 3 atom stereocenters. The highest BCUT2D eigenvalue weighted by Crippen LogP contribution is 2.47. The molecular formula is C32H36F5N3O4. The number of aliphatic imine (C=N–C) groups is 1. The molecule has 0 saturated heterocycles. The first-order chi connectivity index (χ1) is 20.4. The summed E-state index contributed by atoms with van der Waals surface area (Å²) < 4.78 is 73.1. The van der Waals surface area contributed by atoms with E-state index in [0.717, 1.165) is 5.56 Å². The number of esters is 1. The summed E-state index contributed by atoms with van der Waals surface area (Å²) in [6, 6.07) is 14.2. The van der Waals surface area contributed by atoms with Gasteiger partial charge in [-0.05, 0) is 52.0 Å². The van der Waals surface area contributed by atoms with Gasteiger partial charge in [-0.2, -0.15) is 13.2 Å². The van der Waals surface area contributed by atoms with Gasteiger partial charge in [-0.15, -0.1) is 0 Å². The summed E-state index contributed by atoms with van der Waals surface area (Å²) in [5.74, 6) is -9.44. The number of nitrogens with one attached hydrogen (secondary N) is 2. The van der Waals surface area contributed by atoms with E-state index in [1.165, 1.54) is 0 Å². The molecule has 1 aliphatic heterocycles. The van der Waals surface area contributed by atoms with Gasteiger partial charge in [-0.3, -0.25) is 14.4 Å². The molecule has 0 spiro atoms. The normalized spacial score (nSPS) is 19.8. The van der Waals surface area contributed by atoms with Crippen molar-refractivity contribution in [1.29, 1.82) is 0 Å². The Morgan fingerprint density at radius 2 is 1.70 bits per heavy atom. The Hall–Kier alpha value is -3.83. The van der Waals surface area contributed by atoms with Crippen LogP contribution in [0.3, 0.4) is 0 Å². The second-order valence-electron chi connectivity index (χ2n) is 12.5. The highest BCUT2D eigenvalue weighted by atomic mass is 19.4. The lowest BCUT2D eigenvalue weighted by Crippen LogP contribution is -2.49. The first-order valence-electron chi connectivity index (χ1n) is 14.4. The van der Waals surface area contributed by atoms with Crippen LogP contribution in [0.5, 0.6) is 0 Å². The standard InChI is InChI=1S/C32H36F5N3O4/c1-18-9-8-12-22-24(18)39-28(42)26(38-25(22)20-10-6-5-7-11-20)40-27(41)21(13-14-32(35,36)37)23(29(43)44-30(2,3)4)15-19-16-31(33,34)17-19/h5-12,19,21,23,26H,13-17H2,1-4H3,(H,39,42)(H,40,41). The van der Waals surface area contributed by atoms with Crippen molar-refractivity contribution in [3.05, 3.63) is 65.2 Å². The minimum Gasteiger partial charge on any atom is -0.460 e. The van der Waals surface area contributed by atoms with Gasteiger partial charge in [0, 0.05) is 30.4 Å². The monoisotopic (exact) mass is 621 g/mol. The van der Waals surface area contributed by atoms with Gasteiger partial charge in [-0.1, -0.05) is 48.5 Å². The number of aryl methyl sites for hydroxylation is 1. The van der Waals surface area contributed by atoms with Crippen LogP contribution in [0, 0.1) is 24.7 Å². The average molecular weight is 622 g/mol. The fourth-order valence-corrected chi connectivity index (χ4v) is 5.59. The van der Waals surface area contributed by atoms with Gasteiger partial charge in [0.1, 0.15) is 5.60 Å². The molecule has 44 heavy (non-hydrogen) atoms. The van der Waals surface area contributed by atoms with E-state index in [4.69, 9.17) is 4.74 Å². The number of ether oxygens (including phenoxy) is 1. The lowest BCUT2D eigenvalue weighted by atomic mass is 9.72. The summed E-state index contributed by atoms with van der Waals surface area (Å²) in [5.41, 5.74) is 1.69. The summed E-state index contributed by atoms with van der Waals surface area (Å²) in [6.07, 6.45) is -9.82. The van der Waals surface area contributed by atoms with Gasteiger partial charge in [0.15, 0.2) is 0 Å². The van der Waals surface area contributed by atoms with Crippen molar-refractivity contribution in [2.75, 3.05) is 5.32 Å². The summed E-state index contributed by atoms with van der Waals surface area (Å²) in [4.78, 5) is 45.1. The number of rotatable bonds is 9. The molecular weight excluding hydrogens is 585 g/mol. The molecule has 1 fully saturated rings. The van der Waals surface area contributed by atoms with Crippen LogP contribution in [0.15, 0.2) is 53.5 Å². The molecule has 3 unspecified atom stereocenters. The molecule has 1 saturated carbocycles. The Bertz CT molecular complexity index is 1410. The van der Waals surface area contributed by atoms with Crippen molar-refractivity contribution in [3.8, 4) is 0 Å². The zero-order valence-corrected chi connectivity index (χ0v) is 24.9. The zero-order chi connectivity index (χ0) is 32.4. The maximum atomic E-state index is 13.8. The highest BCUT2D eigenvalue weighted by molar-refractivity contribution is 6.20. The van der Waals surface area contributed by atoms with Crippen molar-refractivity contribution >= 4 is 29.2 Å². The van der Waals surface area contributed by atoms with Crippen LogP contribution in [-0.4, -0.2) is 47.4 Å². The van der Waals surface area contributed by atoms with Crippen molar-refractivity contribution in [3.63, 3.8) is 0 Å². The number of halogens is 5. The molecule has 2 N–H and O–H groups in total. The topological polar surface area (TPSA) is 96.9 Å². The molecule has 1 aliphatic carbocycles. The van der Waals surface area contributed by atoms with Crippen LogP contribution in [0.2, 0.25) is 0 Å². The van der Waals surface area contributed by atoms with Crippen LogP contribution >= 0.6 is 0 Å². The number of hydrogen-bond acceptors (Lipinski definition) is 5. The van der Waals surface area contributed by atoms with E-state index >= 15 is 0 Å². The molecule has 2 amide bonds. The van der Waals surface area contributed by atoms with E-state index in [1.807, 2.05) is 0 Å². The molecule has 1 heterocycles. The maximum Gasteiger partial charge on any atom is 0.389 e. The van der Waals surface area contributed by atoms with Crippen LogP contribution < -0.4 is 10.6 Å². The number of benzodiazepines with no additional fused rings is 1. The Morgan fingerprint density at radius 1 is 1.05 bits per heavy atom. The van der Waals surface area contributed by atoms with E-state index in [2.05, 4.69) is 15.6 Å². The molecule has 4 rings (SSSR count). The van der Waals surface area contributed by atoms with E-state index in [-0.39, 0.29) is 6.42 Å². The number of hydrogen-bond donors (Lipinski definition) is 2. The fourth-order valence-electron chi connectivity index (χ4n) is 5.59. The van der Waals surface area contributed by atoms with Gasteiger partial charge in [0.25, 0.3) is 5.91 Å². The molecule has 7 nitrogen and oxygen atoms in total. The SMILES string of the molecule is Cc1cccc2c1NC(=O)C(NC(=O)C(CCC(F)(F)F)C(CC1CC(F)(F)C1)C(=O)OC(C)(C)C)N=C2c1ccccc1. The summed E-state index contributed by atoms with van der Waals surface area (Å²) >= 11 is 0. The first-order valence-corrected chi connectivity index (χ1v) is 14.4. The van der Waals surface area contributed by atoms with Crippen molar-refractivity contribution < 1.29 is 41.1 Å². The zero-order valence-electron chi connectivity index (χ0n) is 24.9. The van der Waals surface area contributed by atoms with Gasteiger partial charge in [0.05, 0.1) is 23.2 Å². The third-order valence-corrected chi connectivity index (χ3v) is 7.64. The molecule has 0 aromatic heterocycles. The predicted molar refractivity (Wildman–Crippen MR) is 154 cm³/mol. The third-order valence-electron chi connectivity index (χ3n) is 7.64. The summed E-state index contributed by atoms with van der Waals surface area (Å²) in [5, 5.41) is 5.22. The van der Waals surface area contributed by atoms with Crippen molar-refractivity contribution in [2.45, 2.75) is 83.7 Å². The smallest absolute Gasteiger partial charge is 0.389 e. The molecule has 2 aromatic carbocycles. The van der Waals surface area contributed by atoms with E-state index in [0.29, 0.717) is 22.5 Å². The number of para-hydroxylation sites is 1. The highest BCUT2D eigenvalue weighted by Gasteiger charge is 2.49. The summed E-state index contributed by atoms with van der Waals surface area (Å²) in [7, 11) is 0. The number of fused-ring (bicyclic) bond motifs is 1. The largest absolute Gasteiger partial charge is 0.460 e. The second kappa shape index (κ2) is 12.6. The van der Waals surface area contributed by atoms with Crippen molar-refractivity contribution in [1.82, 2.24) is 5.32 Å². The quantitative estimate of drug-likeness (QED) is 0.244. The molecule has 2 aliphatic rings. The lowest BCUT2D eigenvalue weighted by Gasteiger charge is -2.38. The number of nitrogens with zero attached hydrogens (tertiary/aromatic N) is 1. The van der Waals surface area contributed by atoms with Crippen LogP contribution in [0.25, 0.3) is 0 Å². The van der Waals surface area contributed by atoms with E-state index in [9.17, 15) is 36.3 Å². The minimum atomic E-state index is -4.67. The Morgan fingerprint density at radius 3 is 2.30 bits per heavy atom. The average Bonchev–Trinajstić information content (AvgIpc) is 3.03. The number of anilines is 1. The minimum absolute atomic E-state index is 0.263. The first kappa shape index (κ1) is 33.1.